The Morgan fingerprint density at radius 3 is 2.58 bits per heavy atom. The zero-order valence-corrected chi connectivity index (χ0v) is 15.0. The molecule has 2 aromatic rings. The molecule has 0 fully saturated rings. The van der Waals surface area contributed by atoms with E-state index >= 15 is 0 Å². The molecule has 128 valence electrons. The largest absolute Gasteiger partial charge is 0.490 e. The minimum absolute atomic E-state index is 0.0246. The standard InChI is InChI=1S/C18H23N3O2S/c1-4-22-16-9-8-14(11-17(16)23-5-2)13(3)20-18(24)21-15-7-6-10-19-12-15/h6-13H,4-5H2,1-3H3,(H2,20,21,24)/t13-/m1/s1. The number of nitrogens with zero attached hydrogens (tertiary/aromatic N) is 1. The summed E-state index contributed by atoms with van der Waals surface area (Å²) < 4.78 is 11.3. The van der Waals surface area contributed by atoms with E-state index < -0.39 is 0 Å². The van der Waals surface area contributed by atoms with Gasteiger partial charge in [-0.15, -0.1) is 0 Å². The van der Waals surface area contributed by atoms with Gasteiger partial charge in [0.2, 0.25) is 0 Å². The molecule has 0 saturated carbocycles. The molecule has 0 aliphatic rings. The lowest BCUT2D eigenvalue weighted by atomic mass is 10.1. The average molecular weight is 345 g/mol. The molecule has 0 unspecified atom stereocenters. The fourth-order valence-electron chi connectivity index (χ4n) is 2.22. The van der Waals surface area contributed by atoms with Gasteiger partial charge in [0.05, 0.1) is 31.1 Å². The SMILES string of the molecule is CCOc1ccc([C@@H](C)NC(=S)Nc2cccnc2)cc1OCC. The number of thiocarbonyl (C=S) groups is 1. The van der Waals surface area contributed by atoms with Crippen molar-refractivity contribution in [3.63, 3.8) is 0 Å². The summed E-state index contributed by atoms with van der Waals surface area (Å²) in [6.07, 6.45) is 3.45. The van der Waals surface area contributed by atoms with Crippen molar-refractivity contribution in [2.24, 2.45) is 0 Å². The zero-order valence-electron chi connectivity index (χ0n) is 14.2. The van der Waals surface area contributed by atoms with E-state index in [0.717, 1.165) is 22.7 Å². The Kier molecular flexibility index (Phi) is 6.81. The van der Waals surface area contributed by atoms with Crippen LogP contribution in [0.15, 0.2) is 42.7 Å². The number of aromatic nitrogens is 1. The Balaban J connectivity index is 2.04. The molecule has 2 rings (SSSR count). The van der Waals surface area contributed by atoms with Gasteiger partial charge in [0.25, 0.3) is 0 Å². The van der Waals surface area contributed by atoms with Crippen molar-refractivity contribution in [2.45, 2.75) is 26.8 Å². The van der Waals surface area contributed by atoms with E-state index in [0.29, 0.717) is 18.3 Å². The zero-order chi connectivity index (χ0) is 17.4. The topological polar surface area (TPSA) is 55.4 Å². The maximum Gasteiger partial charge on any atom is 0.171 e. The first kappa shape index (κ1) is 18.0. The van der Waals surface area contributed by atoms with Gasteiger partial charge in [-0.1, -0.05) is 6.07 Å². The van der Waals surface area contributed by atoms with Crippen LogP contribution in [-0.4, -0.2) is 23.3 Å². The fraction of sp³-hybridized carbons (Fsp3) is 0.333. The Labute approximate surface area is 148 Å². The van der Waals surface area contributed by atoms with Crippen LogP contribution in [0.5, 0.6) is 11.5 Å². The number of benzene rings is 1. The van der Waals surface area contributed by atoms with Gasteiger partial charge in [-0.3, -0.25) is 4.98 Å². The molecule has 1 aromatic heterocycles. The van der Waals surface area contributed by atoms with E-state index in [1.54, 1.807) is 12.4 Å². The molecular weight excluding hydrogens is 322 g/mol. The first-order valence-electron chi connectivity index (χ1n) is 8.01. The molecule has 0 spiro atoms. The van der Waals surface area contributed by atoms with E-state index in [-0.39, 0.29) is 6.04 Å². The molecule has 1 atom stereocenters. The molecule has 24 heavy (non-hydrogen) atoms. The van der Waals surface area contributed by atoms with Crippen molar-refractivity contribution in [2.75, 3.05) is 18.5 Å². The molecule has 5 nitrogen and oxygen atoms in total. The fourth-order valence-corrected chi connectivity index (χ4v) is 2.52. The van der Waals surface area contributed by atoms with Gasteiger partial charge >= 0.3 is 0 Å². The predicted molar refractivity (Wildman–Crippen MR) is 101 cm³/mol. The van der Waals surface area contributed by atoms with E-state index in [9.17, 15) is 0 Å². The molecule has 0 bridgehead atoms. The van der Waals surface area contributed by atoms with Crippen LogP contribution in [-0.2, 0) is 0 Å². The van der Waals surface area contributed by atoms with Crippen LogP contribution in [0.3, 0.4) is 0 Å². The number of pyridine rings is 1. The van der Waals surface area contributed by atoms with Crippen molar-refractivity contribution in [3.8, 4) is 11.5 Å². The summed E-state index contributed by atoms with van der Waals surface area (Å²) >= 11 is 5.36. The van der Waals surface area contributed by atoms with Crippen LogP contribution in [0.4, 0.5) is 5.69 Å². The summed E-state index contributed by atoms with van der Waals surface area (Å²) in [6, 6.07) is 9.72. The van der Waals surface area contributed by atoms with Crippen LogP contribution < -0.4 is 20.1 Å². The molecule has 1 heterocycles. The third-order valence-electron chi connectivity index (χ3n) is 3.33. The van der Waals surface area contributed by atoms with E-state index in [1.807, 2.05) is 51.1 Å². The molecule has 2 N–H and O–H groups in total. The van der Waals surface area contributed by atoms with E-state index in [2.05, 4.69) is 15.6 Å². The van der Waals surface area contributed by atoms with Crippen molar-refractivity contribution < 1.29 is 9.47 Å². The molecule has 0 radical (unpaired) electrons. The Morgan fingerprint density at radius 2 is 1.92 bits per heavy atom. The molecule has 1 aromatic carbocycles. The third-order valence-corrected chi connectivity index (χ3v) is 3.55. The number of hydrogen-bond donors (Lipinski definition) is 2. The highest BCUT2D eigenvalue weighted by atomic mass is 32.1. The predicted octanol–water partition coefficient (Wildman–Crippen LogP) is 3.93. The van der Waals surface area contributed by atoms with Gasteiger partial charge in [-0.2, -0.15) is 0 Å². The second-order valence-corrected chi connectivity index (χ2v) is 5.54. The van der Waals surface area contributed by atoms with Gasteiger partial charge in [-0.05, 0) is 62.8 Å². The summed E-state index contributed by atoms with van der Waals surface area (Å²) in [5.74, 6) is 1.50. The van der Waals surface area contributed by atoms with Crippen LogP contribution in [0.1, 0.15) is 32.4 Å². The summed E-state index contributed by atoms with van der Waals surface area (Å²) in [4.78, 5) is 4.05. The molecule has 0 aliphatic carbocycles. The Hall–Kier alpha value is -2.34. The number of ether oxygens (including phenoxy) is 2. The highest BCUT2D eigenvalue weighted by Crippen LogP contribution is 2.30. The van der Waals surface area contributed by atoms with Gasteiger partial charge < -0.3 is 20.1 Å². The van der Waals surface area contributed by atoms with Crippen molar-refractivity contribution in [1.82, 2.24) is 10.3 Å². The first-order valence-corrected chi connectivity index (χ1v) is 8.42. The lowest BCUT2D eigenvalue weighted by molar-refractivity contribution is 0.287. The summed E-state index contributed by atoms with van der Waals surface area (Å²) in [6.45, 7) is 7.15. The van der Waals surface area contributed by atoms with Gasteiger partial charge in [0, 0.05) is 6.20 Å². The summed E-state index contributed by atoms with van der Waals surface area (Å²) in [5, 5.41) is 6.92. The molecule has 0 saturated heterocycles. The van der Waals surface area contributed by atoms with Gasteiger partial charge in [0.1, 0.15) is 0 Å². The van der Waals surface area contributed by atoms with Crippen molar-refractivity contribution >= 4 is 23.0 Å². The minimum Gasteiger partial charge on any atom is -0.490 e. The summed E-state index contributed by atoms with van der Waals surface area (Å²) in [7, 11) is 0. The third kappa shape index (κ3) is 5.09. The molecule has 0 aliphatic heterocycles. The lowest BCUT2D eigenvalue weighted by Crippen LogP contribution is -2.30. The highest BCUT2D eigenvalue weighted by molar-refractivity contribution is 7.80. The first-order chi connectivity index (χ1) is 11.6. The highest BCUT2D eigenvalue weighted by Gasteiger charge is 2.12. The maximum atomic E-state index is 5.67. The monoisotopic (exact) mass is 345 g/mol. The smallest absolute Gasteiger partial charge is 0.171 e. The van der Waals surface area contributed by atoms with Crippen LogP contribution in [0.2, 0.25) is 0 Å². The quantitative estimate of drug-likeness (QED) is 0.742. The molecule has 6 heteroatoms. The van der Waals surface area contributed by atoms with Gasteiger partial charge in [0.15, 0.2) is 16.6 Å². The van der Waals surface area contributed by atoms with Crippen molar-refractivity contribution in [1.29, 1.82) is 0 Å². The number of anilines is 1. The normalized spacial score (nSPS) is 11.5. The second kappa shape index (κ2) is 9.08. The second-order valence-electron chi connectivity index (χ2n) is 5.13. The molecular formula is C18H23N3O2S. The number of rotatable bonds is 7. The average Bonchev–Trinajstić information content (AvgIpc) is 2.57. The van der Waals surface area contributed by atoms with E-state index in [4.69, 9.17) is 21.7 Å². The van der Waals surface area contributed by atoms with Crippen LogP contribution in [0.25, 0.3) is 0 Å². The van der Waals surface area contributed by atoms with Gasteiger partial charge in [-0.25, -0.2) is 0 Å². The van der Waals surface area contributed by atoms with E-state index in [1.165, 1.54) is 0 Å². The number of nitrogens with one attached hydrogen (secondary N) is 2. The minimum atomic E-state index is 0.0246. The van der Waals surface area contributed by atoms with Crippen LogP contribution >= 0.6 is 12.2 Å². The Morgan fingerprint density at radius 1 is 1.17 bits per heavy atom. The Bertz CT molecular complexity index is 665. The lowest BCUT2D eigenvalue weighted by Gasteiger charge is -2.19. The number of hydrogen-bond acceptors (Lipinski definition) is 4. The van der Waals surface area contributed by atoms with Crippen LogP contribution in [0, 0.1) is 0 Å². The summed E-state index contributed by atoms with van der Waals surface area (Å²) in [5.41, 5.74) is 1.92. The van der Waals surface area contributed by atoms with Crippen molar-refractivity contribution in [3.05, 3.63) is 48.3 Å². The maximum absolute atomic E-state index is 5.67. The molecule has 0 amide bonds.